The maximum absolute atomic E-state index is 6.60. The fourth-order valence-corrected chi connectivity index (χ4v) is 6.66. The monoisotopic (exact) mass is 321 g/mol. The topological polar surface area (TPSA) is 26.0 Å². The first-order valence-electron chi connectivity index (χ1n) is 10.3. The molecule has 6 atom stereocenters. The fraction of sp³-hybridized carbons (Fsp3) is 1.00. The van der Waals surface area contributed by atoms with Gasteiger partial charge in [0.25, 0.3) is 0 Å². The highest BCUT2D eigenvalue weighted by molar-refractivity contribution is 4.96. The molecule has 136 valence electrons. The van der Waals surface area contributed by atoms with Gasteiger partial charge in [-0.2, -0.15) is 0 Å². The Morgan fingerprint density at radius 2 is 1.22 bits per heavy atom. The Morgan fingerprint density at radius 1 is 0.739 bits per heavy atom. The largest absolute Gasteiger partial charge is 0.327 e. The summed E-state index contributed by atoms with van der Waals surface area (Å²) in [4.78, 5) is 0. The van der Waals surface area contributed by atoms with Gasteiger partial charge in [-0.1, -0.05) is 61.3 Å². The summed E-state index contributed by atoms with van der Waals surface area (Å²) in [6, 6.07) is 0.411. The number of hydrogen-bond acceptors (Lipinski definition) is 1. The molecule has 2 aliphatic carbocycles. The average molecular weight is 322 g/mol. The third-order valence-corrected chi connectivity index (χ3v) is 7.51. The van der Waals surface area contributed by atoms with Crippen LogP contribution in [0.25, 0.3) is 0 Å². The zero-order chi connectivity index (χ0) is 17.4. The Bertz CT molecular complexity index is 347. The van der Waals surface area contributed by atoms with Gasteiger partial charge in [-0.05, 0) is 72.5 Å². The Balaban J connectivity index is 2.05. The van der Waals surface area contributed by atoms with Crippen LogP contribution < -0.4 is 5.73 Å². The van der Waals surface area contributed by atoms with E-state index in [4.69, 9.17) is 5.73 Å². The molecule has 0 amide bonds. The van der Waals surface area contributed by atoms with E-state index in [1.54, 1.807) is 0 Å². The van der Waals surface area contributed by atoms with Crippen molar-refractivity contribution in [3.8, 4) is 0 Å². The molecule has 0 saturated heterocycles. The van der Waals surface area contributed by atoms with Gasteiger partial charge in [-0.3, -0.25) is 0 Å². The van der Waals surface area contributed by atoms with E-state index in [1.165, 1.54) is 44.9 Å². The molecule has 1 heteroatoms. The molecular weight excluding hydrogens is 278 g/mol. The number of nitrogens with two attached hydrogens (primary N) is 1. The van der Waals surface area contributed by atoms with Gasteiger partial charge in [0, 0.05) is 6.04 Å². The van der Waals surface area contributed by atoms with Crippen LogP contribution in [0.1, 0.15) is 93.4 Å². The maximum Gasteiger partial charge on any atom is 0.00748 e. The van der Waals surface area contributed by atoms with Crippen molar-refractivity contribution >= 4 is 0 Å². The quantitative estimate of drug-likeness (QED) is 0.649. The molecule has 0 aliphatic heterocycles. The summed E-state index contributed by atoms with van der Waals surface area (Å²) in [6.07, 6.45) is 9.55. The predicted octanol–water partition coefficient (Wildman–Crippen LogP) is 6.26. The second-order valence-electron chi connectivity index (χ2n) is 10.8. The molecule has 2 rings (SSSR count). The number of hydrogen-bond donors (Lipinski definition) is 1. The smallest absolute Gasteiger partial charge is 0.00748 e. The molecule has 2 fully saturated rings. The van der Waals surface area contributed by atoms with Crippen molar-refractivity contribution in [2.75, 3.05) is 0 Å². The van der Waals surface area contributed by atoms with Crippen LogP contribution in [0.3, 0.4) is 0 Å². The fourth-order valence-electron chi connectivity index (χ4n) is 6.66. The van der Waals surface area contributed by atoms with E-state index in [1.807, 2.05) is 0 Å². The zero-order valence-corrected chi connectivity index (χ0v) is 17.0. The van der Waals surface area contributed by atoms with Crippen molar-refractivity contribution in [3.63, 3.8) is 0 Å². The molecule has 23 heavy (non-hydrogen) atoms. The van der Waals surface area contributed by atoms with Crippen LogP contribution in [0, 0.1) is 40.4 Å². The minimum absolute atomic E-state index is 0.367. The summed E-state index contributed by atoms with van der Waals surface area (Å²) in [5.74, 6) is 4.22. The highest BCUT2D eigenvalue weighted by Gasteiger charge is 2.44. The van der Waals surface area contributed by atoms with E-state index in [2.05, 4.69) is 48.5 Å². The summed E-state index contributed by atoms with van der Waals surface area (Å²) < 4.78 is 0. The zero-order valence-electron chi connectivity index (χ0n) is 17.0. The van der Waals surface area contributed by atoms with Crippen LogP contribution in [0.2, 0.25) is 0 Å². The van der Waals surface area contributed by atoms with E-state index >= 15 is 0 Å². The number of rotatable bonds is 4. The highest BCUT2D eigenvalue weighted by Crippen LogP contribution is 2.52. The van der Waals surface area contributed by atoms with Crippen molar-refractivity contribution in [1.29, 1.82) is 0 Å². The second-order valence-corrected chi connectivity index (χ2v) is 10.8. The minimum Gasteiger partial charge on any atom is -0.327 e. The van der Waals surface area contributed by atoms with E-state index in [0.717, 1.165) is 23.7 Å². The van der Waals surface area contributed by atoms with Gasteiger partial charge in [0.05, 0.1) is 0 Å². The Hall–Kier alpha value is -0.0400. The van der Waals surface area contributed by atoms with Crippen molar-refractivity contribution in [2.45, 2.75) is 99.5 Å². The average Bonchev–Trinajstić information content (AvgIpc) is 2.35. The van der Waals surface area contributed by atoms with Crippen LogP contribution in [0.4, 0.5) is 0 Å². The van der Waals surface area contributed by atoms with E-state index < -0.39 is 0 Å². The van der Waals surface area contributed by atoms with Gasteiger partial charge in [-0.15, -0.1) is 0 Å². The Kier molecular flexibility index (Phi) is 5.92. The Morgan fingerprint density at radius 3 is 1.74 bits per heavy atom. The lowest BCUT2D eigenvalue weighted by Crippen LogP contribution is -2.46. The van der Waals surface area contributed by atoms with Crippen molar-refractivity contribution in [2.24, 2.45) is 46.2 Å². The molecule has 2 saturated carbocycles. The molecular formula is C22H43N. The summed E-state index contributed by atoms with van der Waals surface area (Å²) in [7, 11) is 0. The van der Waals surface area contributed by atoms with Crippen molar-refractivity contribution in [1.82, 2.24) is 0 Å². The lowest BCUT2D eigenvalue weighted by Gasteiger charge is -2.50. The first-order chi connectivity index (χ1) is 10.5. The summed E-state index contributed by atoms with van der Waals surface area (Å²) in [5.41, 5.74) is 7.40. The standard InChI is InChI=1S/C22H43N/c1-15-8-10-18(17(3)12-15)21(4,5)14-22(6,7)19-11-9-16(2)13-20(19)23/h15-20H,8-14,23H2,1-7H3. The van der Waals surface area contributed by atoms with E-state index in [9.17, 15) is 0 Å². The van der Waals surface area contributed by atoms with Crippen LogP contribution in [-0.2, 0) is 0 Å². The SMILES string of the molecule is CC1CCC(C(C)(C)CC(C)(C)C2CCC(C)CC2N)C(C)C1. The van der Waals surface area contributed by atoms with Crippen molar-refractivity contribution in [3.05, 3.63) is 0 Å². The Labute approximate surface area is 146 Å². The third-order valence-electron chi connectivity index (χ3n) is 7.51. The lowest BCUT2D eigenvalue weighted by molar-refractivity contribution is 0.00605. The van der Waals surface area contributed by atoms with Gasteiger partial charge >= 0.3 is 0 Å². The molecule has 0 spiro atoms. The lowest BCUT2D eigenvalue weighted by atomic mass is 9.56. The molecule has 0 bridgehead atoms. The minimum atomic E-state index is 0.367. The normalized spacial score (nSPS) is 40.2. The maximum atomic E-state index is 6.60. The van der Waals surface area contributed by atoms with Crippen LogP contribution in [0.5, 0.6) is 0 Å². The second kappa shape index (κ2) is 7.06. The highest BCUT2D eigenvalue weighted by atomic mass is 14.7. The van der Waals surface area contributed by atoms with Crippen molar-refractivity contribution < 1.29 is 0 Å². The first kappa shape index (κ1) is 19.3. The van der Waals surface area contributed by atoms with E-state index in [-0.39, 0.29) is 0 Å². The molecule has 2 N–H and O–H groups in total. The predicted molar refractivity (Wildman–Crippen MR) is 102 cm³/mol. The molecule has 0 aromatic heterocycles. The summed E-state index contributed by atoms with van der Waals surface area (Å²) in [5, 5.41) is 0. The molecule has 0 heterocycles. The molecule has 2 aliphatic rings. The third kappa shape index (κ3) is 4.53. The summed E-state index contributed by atoms with van der Waals surface area (Å²) in [6.45, 7) is 17.4. The van der Waals surface area contributed by atoms with Gasteiger partial charge in [0.15, 0.2) is 0 Å². The first-order valence-corrected chi connectivity index (χ1v) is 10.3. The van der Waals surface area contributed by atoms with Gasteiger partial charge in [0.1, 0.15) is 0 Å². The van der Waals surface area contributed by atoms with Crippen LogP contribution in [-0.4, -0.2) is 6.04 Å². The molecule has 6 unspecified atom stereocenters. The van der Waals surface area contributed by atoms with E-state index in [0.29, 0.717) is 22.8 Å². The van der Waals surface area contributed by atoms with Gasteiger partial charge in [0.2, 0.25) is 0 Å². The molecule has 1 nitrogen and oxygen atoms in total. The molecule has 0 aromatic carbocycles. The van der Waals surface area contributed by atoms with Gasteiger partial charge < -0.3 is 5.73 Å². The van der Waals surface area contributed by atoms with Crippen LogP contribution >= 0.6 is 0 Å². The molecule has 0 radical (unpaired) electrons. The summed E-state index contributed by atoms with van der Waals surface area (Å²) >= 11 is 0. The van der Waals surface area contributed by atoms with Crippen LogP contribution in [0.15, 0.2) is 0 Å². The van der Waals surface area contributed by atoms with Gasteiger partial charge in [-0.25, -0.2) is 0 Å². The molecule has 0 aromatic rings.